The first-order valence-corrected chi connectivity index (χ1v) is 6.91. The average Bonchev–Trinajstić information content (AvgIpc) is 2.81. The molecule has 4 nitrogen and oxygen atoms in total. The number of aliphatic hydroxyl groups is 1. The molecule has 2 aliphatic heterocycles. The molecule has 2 aliphatic rings. The van der Waals surface area contributed by atoms with Crippen LogP contribution in [0.15, 0.2) is 0 Å². The summed E-state index contributed by atoms with van der Waals surface area (Å²) in [5, 5.41) is 9.57. The minimum atomic E-state index is 0.0208. The fourth-order valence-corrected chi connectivity index (χ4v) is 2.91. The van der Waals surface area contributed by atoms with Crippen LogP contribution in [0.4, 0.5) is 0 Å². The minimum Gasteiger partial charge on any atom is -0.396 e. The molecular weight excluding hydrogens is 216 g/mol. The van der Waals surface area contributed by atoms with Gasteiger partial charge in [0, 0.05) is 44.7 Å². The van der Waals surface area contributed by atoms with Crippen molar-refractivity contribution in [3.8, 4) is 0 Å². The first-order valence-electron chi connectivity index (χ1n) is 6.91. The fourth-order valence-electron chi connectivity index (χ4n) is 2.91. The largest absolute Gasteiger partial charge is 0.396 e. The van der Waals surface area contributed by atoms with Gasteiger partial charge in [-0.2, -0.15) is 0 Å². The van der Waals surface area contributed by atoms with Gasteiger partial charge in [-0.3, -0.25) is 0 Å². The second-order valence-corrected chi connectivity index (χ2v) is 5.58. The maximum absolute atomic E-state index is 9.57. The van der Waals surface area contributed by atoms with Crippen molar-refractivity contribution in [1.82, 2.24) is 9.80 Å². The van der Waals surface area contributed by atoms with Crippen LogP contribution in [0.2, 0.25) is 0 Å². The Kier molecular flexibility index (Phi) is 4.79. The second-order valence-electron chi connectivity index (χ2n) is 5.58. The molecule has 0 aromatic carbocycles. The van der Waals surface area contributed by atoms with E-state index in [9.17, 15) is 5.11 Å². The van der Waals surface area contributed by atoms with Crippen molar-refractivity contribution < 1.29 is 9.84 Å². The van der Waals surface area contributed by atoms with Crippen LogP contribution in [0.25, 0.3) is 0 Å². The van der Waals surface area contributed by atoms with E-state index in [0.29, 0.717) is 0 Å². The van der Waals surface area contributed by atoms with Gasteiger partial charge in [0.05, 0.1) is 13.2 Å². The summed E-state index contributed by atoms with van der Waals surface area (Å²) in [7, 11) is 0. The molecule has 0 radical (unpaired) electrons. The molecule has 1 atom stereocenters. The summed E-state index contributed by atoms with van der Waals surface area (Å²) in [6.45, 7) is 10.9. The molecule has 4 heteroatoms. The maximum atomic E-state index is 9.57. The summed E-state index contributed by atoms with van der Waals surface area (Å²) < 4.78 is 5.46. The van der Waals surface area contributed by atoms with Crippen LogP contribution in [0, 0.1) is 5.41 Å². The van der Waals surface area contributed by atoms with Gasteiger partial charge in [0.1, 0.15) is 0 Å². The second kappa shape index (κ2) is 6.14. The molecule has 1 unspecified atom stereocenters. The molecule has 2 saturated heterocycles. The van der Waals surface area contributed by atoms with Crippen LogP contribution in [0.3, 0.4) is 0 Å². The summed E-state index contributed by atoms with van der Waals surface area (Å²) in [4.78, 5) is 5.03. The lowest BCUT2D eigenvalue weighted by molar-refractivity contribution is 0.0363. The summed E-state index contributed by atoms with van der Waals surface area (Å²) >= 11 is 0. The highest BCUT2D eigenvalue weighted by atomic mass is 16.5. The van der Waals surface area contributed by atoms with Crippen molar-refractivity contribution in [3.63, 3.8) is 0 Å². The van der Waals surface area contributed by atoms with Gasteiger partial charge < -0.3 is 19.6 Å². The lowest BCUT2D eigenvalue weighted by atomic mass is 9.87. The van der Waals surface area contributed by atoms with Crippen molar-refractivity contribution in [3.05, 3.63) is 0 Å². The smallest absolute Gasteiger partial charge is 0.0557 e. The predicted octanol–water partition coefficient (Wildman–Crippen LogP) is 0.413. The number of aliphatic hydroxyl groups excluding tert-OH is 1. The molecule has 1 N–H and O–H groups in total. The molecule has 0 aromatic heterocycles. The molecule has 17 heavy (non-hydrogen) atoms. The Morgan fingerprint density at radius 2 is 1.88 bits per heavy atom. The van der Waals surface area contributed by atoms with Gasteiger partial charge in [-0.25, -0.2) is 0 Å². The quantitative estimate of drug-likeness (QED) is 0.758. The number of hydrogen-bond donors (Lipinski definition) is 1. The summed E-state index contributed by atoms with van der Waals surface area (Å²) in [5.41, 5.74) is 0.0208. The summed E-state index contributed by atoms with van der Waals surface area (Å²) in [6.07, 6.45) is 2.26. The van der Waals surface area contributed by atoms with Crippen LogP contribution >= 0.6 is 0 Å². The highest BCUT2D eigenvalue weighted by Crippen LogP contribution is 2.29. The molecule has 2 fully saturated rings. The van der Waals surface area contributed by atoms with Crippen LogP contribution in [0.1, 0.15) is 19.8 Å². The van der Waals surface area contributed by atoms with E-state index in [1.165, 1.54) is 26.1 Å². The Morgan fingerprint density at radius 1 is 1.18 bits per heavy atom. The van der Waals surface area contributed by atoms with Crippen LogP contribution in [-0.4, -0.2) is 74.0 Å². The van der Waals surface area contributed by atoms with E-state index >= 15 is 0 Å². The Hall–Kier alpha value is -0.160. The van der Waals surface area contributed by atoms with Crippen LogP contribution in [0.5, 0.6) is 0 Å². The molecule has 100 valence electrons. The zero-order valence-electron chi connectivity index (χ0n) is 11.0. The zero-order chi connectivity index (χ0) is 12.1. The zero-order valence-corrected chi connectivity index (χ0v) is 11.0. The first kappa shape index (κ1) is 13.3. The fraction of sp³-hybridized carbons (Fsp3) is 1.00. The highest BCUT2D eigenvalue weighted by molar-refractivity contribution is 4.87. The molecule has 0 aromatic rings. The van der Waals surface area contributed by atoms with Gasteiger partial charge in [0.2, 0.25) is 0 Å². The molecule has 0 aliphatic carbocycles. The van der Waals surface area contributed by atoms with E-state index in [2.05, 4.69) is 16.7 Å². The molecule has 0 spiro atoms. The average molecular weight is 242 g/mol. The molecule has 0 bridgehead atoms. The number of nitrogens with zero attached hydrogens (tertiary/aromatic N) is 2. The van der Waals surface area contributed by atoms with Gasteiger partial charge in [0.25, 0.3) is 0 Å². The SMILES string of the molecule is CCCN1CCN(CC2(CO)CCOC2)CC1. The topological polar surface area (TPSA) is 35.9 Å². The van der Waals surface area contributed by atoms with E-state index in [0.717, 1.165) is 39.3 Å². The number of piperazine rings is 1. The van der Waals surface area contributed by atoms with Gasteiger partial charge >= 0.3 is 0 Å². The predicted molar refractivity (Wildman–Crippen MR) is 68.1 cm³/mol. The number of hydrogen-bond acceptors (Lipinski definition) is 4. The van der Waals surface area contributed by atoms with Gasteiger partial charge in [-0.05, 0) is 19.4 Å². The Morgan fingerprint density at radius 3 is 2.41 bits per heavy atom. The van der Waals surface area contributed by atoms with Gasteiger partial charge in [-0.1, -0.05) is 6.92 Å². The number of ether oxygens (including phenoxy) is 1. The molecule has 2 heterocycles. The minimum absolute atomic E-state index is 0.0208. The van der Waals surface area contributed by atoms with E-state index < -0.39 is 0 Å². The Bertz CT molecular complexity index is 221. The van der Waals surface area contributed by atoms with Gasteiger partial charge in [-0.15, -0.1) is 0 Å². The van der Waals surface area contributed by atoms with Crippen molar-refractivity contribution in [2.45, 2.75) is 19.8 Å². The lowest BCUT2D eigenvalue weighted by Gasteiger charge is -2.39. The van der Waals surface area contributed by atoms with E-state index in [1.54, 1.807) is 0 Å². The van der Waals surface area contributed by atoms with Crippen molar-refractivity contribution in [1.29, 1.82) is 0 Å². The van der Waals surface area contributed by atoms with Crippen molar-refractivity contribution >= 4 is 0 Å². The van der Waals surface area contributed by atoms with Crippen molar-refractivity contribution in [2.75, 3.05) is 59.1 Å². The van der Waals surface area contributed by atoms with Crippen LogP contribution in [-0.2, 0) is 4.74 Å². The number of rotatable bonds is 5. The standard InChI is InChI=1S/C13H26N2O2/c1-2-4-14-5-7-15(8-6-14)10-13(11-16)3-9-17-12-13/h16H,2-12H2,1H3. The maximum Gasteiger partial charge on any atom is 0.0557 e. The lowest BCUT2D eigenvalue weighted by Crippen LogP contribution is -2.50. The highest BCUT2D eigenvalue weighted by Gasteiger charge is 2.36. The summed E-state index contributed by atoms with van der Waals surface area (Å²) in [5.74, 6) is 0. The third kappa shape index (κ3) is 3.41. The van der Waals surface area contributed by atoms with E-state index in [1.807, 2.05) is 0 Å². The molecule has 2 rings (SSSR count). The molecular formula is C13H26N2O2. The Balaban J connectivity index is 1.77. The van der Waals surface area contributed by atoms with Crippen LogP contribution < -0.4 is 0 Å². The summed E-state index contributed by atoms with van der Waals surface area (Å²) in [6, 6.07) is 0. The monoisotopic (exact) mass is 242 g/mol. The molecule has 0 amide bonds. The third-order valence-corrected chi connectivity index (χ3v) is 4.08. The van der Waals surface area contributed by atoms with Gasteiger partial charge in [0.15, 0.2) is 0 Å². The van der Waals surface area contributed by atoms with E-state index in [-0.39, 0.29) is 12.0 Å². The molecule has 0 saturated carbocycles. The third-order valence-electron chi connectivity index (χ3n) is 4.08. The van der Waals surface area contributed by atoms with Crippen molar-refractivity contribution in [2.24, 2.45) is 5.41 Å². The normalized spacial score (nSPS) is 32.1. The Labute approximate surface area is 105 Å². The van der Waals surface area contributed by atoms with E-state index in [4.69, 9.17) is 4.74 Å². The first-order chi connectivity index (χ1) is 8.28.